The van der Waals surface area contributed by atoms with Crippen LogP contribution in [0, 0.1) is 20.8 Å². The SMILES string of the molecule is Cc1ccc(C2C(=O)N(c3c(C)cccc3C)CC(=O)N2c2ccc(Cl)cc2)o1. The maximum absolute atomic E-state index is 13.7. The van der Waals surface area contributed by atoms with E-state index in [1.54, 1.807) is 41.3 Å². The van der Waals surface area contributed by atoms with Gasteiger partial charge in [0.05, 0.1) is 5.69 Å². The third kappa shape index (κ3) is 3.42. The minimum absolute atomic E-state index is 0.0383. The molecule has 0 spiro atoms. The highest BCUT2D eigenvalue weighted by Crippen LogP contribution is 2.37. The first-order valence-corrected chi connectivity index (χ1v) is 9.76. The Morgan fingerprint density at radius 1 is 0.931 bits per heavy atom. The molecule has 0 saturated carbocycles. The molecule has 0 bridgehead atoms. The lowest BCUT2D eigenvalue weighted by molar-refractivity contribution is -0.129. The van der Waals surface area contributed by atoms with E-state index < -0.39 is 6.04 Å². The molecule has 1 saturated heterocycles. The Labute approximate surface area is 174 Å². The van der Waals surface area contributed by atoms with Crippen LogP contribution < -0.4 is 9.80 Å². The molecule has 148 valence electrons. The van der Waals surface area contributed by atoms with Crippen LogP contribution in [0.25, 0.3) is 0 Å². The average Bonchev–Trinajstić information content (AvgIpc) is 3.10. The van der Waals surface area contributed by atoms with Gasteiger partial charge in [0.25, 0.3) is 5.91 Å². The van der Waals surface area contributed by atoms with Crippen LogP contribution in [-0.2, 0) is 9.59 Å². The zero-order valence-electron chi connectivity index (χ0n) is 16.5. The molecule has 4 rings (SSSR count). The number of nitrogens with zero attached hydrogens (tertiary/aromatic N) is 2. The molecule has 0 N–H and O–H groups in total. The fourth-order valence-corrected chi connectivity index (χ4v) is 3.98. The molecule has 6 heteroatoms. The quantitative estimate of drug-likeness (QED) is 0.614. The van der Waals surface area contributed by atoms with Crippen molar-refractivity contribution >= 4 is 34.8 Å². The van der Waals surface area contributed by atoms with Gasteiger partial charge in [-0.05, 0) is 68.3 Å². The first-order valence-electron chi connectivity index (χ1n) is 9.38. The smallest absolute Gasteiger partial charge is 0.258 e. The number of piperazine rings is 1. The lowest BCUT2D eigenvalue weighted by atomic mass is 10.0. The predicted octanol–water partition coefficient (Wildman–Crippen LogP) is 4.98. The summed E-state index contributed by atoms with van der Waals surface area (Å²) in [6, 6.07) is 15.4. The molecule has 2 heterocycles. The Morgan fingerprint density at radius 3 is 2.17 bits per heavy atom. The largest absolute Gasteiger partial charge is 0.464 e. The van der Waals surface area contributed by atoms with Crippen LogP contribution in [0.2, 0.25) is 5.02 Å². The molecule has 29 heavy (non-hydrogen) atoms. The molecule has 1 aromatic heterocycles. The van der Waals surface area contributed by atoms with Gasteiger partial charge in [0.1, 0.15) is 18.1 Å². The maximum atomic E-state index is 13.7. The molecular weight excluding hydrogens is 388 g/mol. The van der Waals surface area contributed by atoms with Crippen LogP contribution in [-0.4, -0.2) is 18.4 Å². The standard InChI is InChI=1S/C23H21ClN2O3/c1-14-5-4-6-15(2)21(14)25-13-20(27)26(18-10-8-17(24)9-11-18)22(23(25)28)19-12-7-16(3)29-19/h4-12,22H,13H2,1-3H3. The Kier molecular flexibility index (Phi) is 4.92. The van der Waals surface area contributed by atoms with Crippen LogP contribution in [0.5, 0.6) is 0 Å². The zero-order valence-corrected chi connectivity index (χ0v) is 17.2. The van der Waals surface area contributed by atoms with Crippen LogP contribution in [0.3, 0.4) is 0 Å². The van der Waals surface area contributed by atoms with Crippen LogP contribution >= 0.6 is 11.6 Å². The molecule has 3 aromatic rings. The van der Waals surface area contributed by atoms with Gasteiger partial charge in [-0.2, -0.15) is 0 Å². The molecule has 0 radical (unpaired) electrons. The van der Waals surface area contributed by atoms with Gasteiger partial charge in [-0.3, -0.25) is 14.5 Å². The molecule has 1 aliphatic heterocycles. The summed E-state index contributed by atoms with van der Waals surface area (Å²) >= 11 is 6.01. The minimum Gasteiger partial charge on any atom is -0.464 e. The van der Waals surface area contributed by atoms with Gasteiger partial charge in [-0.25, -0.2) is 0 Å². The number of rotatable bonds is 3. The second kappa shape index (κ2) is 7.41. The fourth-order valence-electron chi connectivity index (χ4n) is 3.86. The van der Waals surface area contributed by atoms with E-state index in [1.807, 2.05) is 39.0 Å². The van der Waals surface area contributed by atoms with E-state index in [-0.39, 0.29) is 18.4 Å². The van der Waals surface area contributed by atoms with E-state index in [1.165, 1.54) is 4.90 Å². The number of anilines is 2. The normalized spacial score (nSPS) is 17.2. The highest BCUT2D eigenvalue weighted by Gasteiger charge is 2.44. The number of aryl methyl sites for hydroxylation is 3. The summed E-state index contributed by atoms with van der Waals surface area (Å²) in [5.74, 6) is 0.729. The van der Waals surface area contributed by atoms with Gasteiger partial charge in [0, 0.05) is 10.7 Å². The summed E-state index contributed by atoms with van der Waals surface area (Å²) in [7, 11) is 0. The van der Waals surface area contributed by atoms with Gasteiger partial charge >= 0.3 is 0 Å². The summed E-state index contributed by atoms with van der Waals surface area (Å²) < 4.78 is 5.79. The van der Waals surface area contributed by atoms with E-state index in [0.29, 0.717) is 22.2 Å². The summed E-state index contributed by atoms with van der Waals surface area (Å²) in [4.78, 5) is 30.0. The summed E-state index contributed by atoms with van der Waals surface area (Å²) in [5.41, 5.74) is 3.27. The number of amides is 2. The maximum Gasteiger partial charge on any atom is 0.258 e. The van der Waals surface area contributed by atoms with Crippen molar-refractivity contribution < 1.29 is 14.0 Å². The van der Waals surface area contributed by atoms with E-state index >= 15 is 0 Å². The number of hydrogen-bond donors (Lipinski definition) is 0. The Hall–Kier alpha value is -3.05. The van der Waals surface area contributed by atoms with Crippen molar-refractivity contribution in [3.63, 3.8) is 0 Å². The second-order valence-electron chi connectivity index (χ2n) is 7.26. The number of para-hydroxylation sites is 1. The Morgan fingerprint density at radius 2 is 1.59 bits per heavy atom. The summed E-state index contributed by atoms with van der Waals surface area (Å²) in [6.45, 7) is 5.66. The number of carbonyl (C=O) groups is 2. The van der Waals surface area contributed by atoms with Gasteiger partial charge in [-0.1, -0.05) is 29.8 Å². The van der Waals surface area contributed by atoms with E-state index in [4.69, 9.17) is 16.0 Å². The highest BCUT2D eigenvalue weighted by molar-refractivity contribution is 6.30. The second-order valence-corrected chi connectivity index (χ2v) is 7.69. The number of hydrogen-bond acceptors (Lipinski definition) is 3. The highest BCUT2D eigenvalue weighted by atomic mass is 35.5. The monoisotopic (exact) mass is 408 g/mol. The molecule has 2 aromatic carbocycles. The molecule has 5 nitrogen and oxygen atoms in total. The van der Waals surface area contributed by atoms with Crippen LogP contribution in [0.4, 0.5) is 11.4 Å². The van der Waals surface area contributed by atoms with Crippen molar-refractivity contribution in [2.45, 2.75) is 26.8 Å². The van der Waals surface area contributed by atoms with Crippen molar-refractivity contribution in [1.82, 2.24) is 0 Å². The van der Waals surface area contributed by atoms with Gasteiger partial charge in [0.15, 0.2) is 6.04 Å². The predicted molar refractivity (Wildman–Crippen MR) is 113 cm³/mol. The number of carbonyl (C=O) groups excluding carboxylic acids is 2. The zero-order chi connectivity index (χ0) is 20.7. The van der Waals surface area contributed by atoms with Gasteiger partial charge < -0.3 is 9.32 Å². The van der Waals surface area contributed by atoms with Crippen molar-refractivity contribution in [3.8, 4) is 0 Å². The average molecular weight is 409 g/mol. The molecule has 1 unspecified atom stereocenters. The first kappa shape index (κ1) is 19.3. The van der Waals surface area contributed by atoms with Crippen molar-refractivity contribution in [1.29, 1.82) is 0 Å². The Bertz CT molecular complexity index is 1070. The molecule has 2 amide bonds. The first-order chi connectivity index (χ1) is 13.9. The fraction of sp³-hybridized carbons (Fsp3) is 0.217. The molecule has 1 aliphatic rings. The third-order valence-electron chi connectivity index (χ3n) is 5.17. The third-order valence-corrected chi connectivity index (χ3v) is 5.42. The van der Waals surface area contributed by atoms with E-state index in [0.717, 1.165) is 16.8 Å². The summed E-state index contributed by atoms with van der Waals surface area (Å²) in [5, 5.41) is 0.562. The van der Waals surface area contributed by atoms with Gasteiger partial charge in [-0.15, -0.1) is 0 Å². The molecule has 0 aliphatic carbocycles. The van der Waals surface area contributed by atoms with Crippen molar-refractivity contribution in [2.75, 3.05) is 16.3 Å². The number of furan rings is 1. The topological polar surface area (TPSA) is 53.8 Å². The number of halogens is 1. The molecular formula is C23H21ClN2O3. The van der Waals surface area contributed by atoms with Crippen LogP contribution in [0.15, 0.2) is 59.0 Å². The lowest BCUT2D eigenvalue weighted by Gasteiger charge is -2.40. The van der Waals surface area contributed by atoms with E-state index in [9.17, 15) is 9.59 Å². The minimum atomic E-state index is -0.884. The van der Waals surface area contributed by atoms with E-state index in [2.05, 4.69) is 0 Å². The molecule has 1 fully saturated rings. The number of benzene rings is 2. The summed E-state index contributed by atoms with van der Waals surface area (Å²) in [6.07, 6.45) is 0. The molecule has 1 atom stereocenters. The van der Waals surface area contributed by atoms with Crippen LogP contribution in [0.1, 0.15) is 28.7 Å². The van der Waals surface area contributed by atoms with Gasteiger partial charge in [0.2, 0.25) is 5.91 Å². The Balaban J connectivity index is 1.84. The lowest BCUT2D eigenvalue weighted by Crippen LogP contribution is -2.56. The van der Waals surface area contributed by atoms with Crippen molar-refractivity contribution in [2.24, 2.45) is 0 Å². The van der Waals surface area contributed by atoms with Crippen molar-refractivity contribution in [3.05, 3.63) is 82.3 Å².